The number of allylic oxidation sites excluding steroid dienone is 4. The summed E-state index contributed by atoms with van der Waals surface area (Å²) in [5.74, 6) is 0. The lowest BCUT2D eigenvalue weighted by Gasteiger charge is -2.22. The van der Waals surface area contributed by atoms with Crippen molar-refractivity contribution in [2.24, 2.45) is 9.98 Å². The Hall–Kier alpha value is -6.75. The van der Waals surface area contributed by atoms with Crippen LogP contribution in [0, 0.1) is 52.2 Å². The number of halogens is 15. The summed E-state index contributed by atoms with van der Waals surface area (Å²) in [7, 11) is 0. The lowest BCUT2D eigenvalue weighted by atomic mass is 9.84. The zero-order valence-electron chi connectivity index (χ0n) is 26.1. The van der Waals surface area contributed by atoms with Crippen LogP contribution in [-0.2, 0) is 30.9 Å². The first-order chi connectivity index (χ1) is 25.2. The SMILES string of the molecule is Cc1cc(C2=Nc3c(c(C(F)(F)F)c4c(c3C(F)(F)F)C(=C(C#N)C#N)C(c3cc(C(F)(F)F)cc(C(F)(F)F)n3)=N4)C2=C(C#N)C#N)nc(C(F)(F)F)c1. The summed E-state index contributed by atoms with van der Waals surface area (Å²) in [6.45, 7) is 1.00. The zero-order valence-corrected chi connectivity index (χ0v) is 26.1. The Morgan fingerprint density at radius 2 is 0.855 bits per heavy atom. The summed E-state index contributed by atoms with van der Waals surface area (Å²) in [6.07, 6.45) is -28.7. The maximum atomic E-state index is 15.2. The number of pyridine rings is 2. The third-order valence-electron chi connectivity index (χ3n) is 7.57. The number of aliphatic imine (C=N–C) groups is 2. The second-order valence-electron chi connectivity index (χ2n) is 11.1. The molecule has 0 fully saturated rings. The molecule has 55 heavy (non-hydrogen) atoms. The average Bonchev–Trinajstić information content (AvgIpc) is 3.61. The molecule has 2 aliphatic rings. The summed E-state index contributed by atoms with van der Waals surface area (Å²) >= 11 is 0. The molecule has 5 rings (SSSR count). The van der Waals surface area contributed by atoms with Crippen molar-refractivity contribution in [3.05, 3.63) is 91.6 Å². The minimum atomic E-state index is -6.02. The van der Waals surface area contributed by atoms with Gasteiger partial charge >= 0.3 is 30.9 Å². The van der Waals surface area contributed by atoms with Crippen LogP contribution in [0.1, 0.15) is 56.2 Å². The fraction of sp³-hybridized carbons (Fsp3) is 0.188. The molecule has 0 saturated carbocycles. The van der Waals surface area contributed by atoms with Crippen molar-refractivity contribution >= 4 is 33.9 Å². The number of aromatic nitrogens is 2. The number of hydrogen-bond acceptors (Lipinski definition) is 8. The van der Waals surface area contributed by atoms with Gasteiger partial charge in [-0.2, -0.15) is 86.9 Å². The number of hydrogen-bond donors (Lipinski definition) is 0. The van der Waals surface area contributed by atoms with E-state index in [1.54, 1.807) is 0 Å². The molecule has 1 aromatic carbocycles. The molecule has 0 bridgehead atoms. The molecular formula is C32H7F15N8. The van der Waals surface area contributed by atoms with Gasteiger partial charge < -0.3 is 0 Å². The van der Waals surface area contributed by atoms with E-state index in [1.807, 2.05) is 0 Å². The van der Waals surface area contributed by atoms with Crippen molar-refractivity contribution in [2.45, 2.75) is 37.8 Å². The zero-order chi connectivity index (χ0) is 41.4. The minimum absolute atomic E-state index is 0.257. The fourth-order valence-electron chi connectivity index (χ4n) is 5.58. The van der Waals surface area contributed by atoms with Crippen LogP contribution in [-0.4, -0.2) is 21.4 Å². The van der Waals surface area contributed by atoms with Crippen LogP contribution in [0.15, 0.2) is 45.4 Å². The highest BCUT2D eigenvalue weighted by atomic mass is 19.4. The van der Waals surface area contributed by atoms with E-state index in [2.05, 4.69) is 20.0 Å². The monoisotopic (exact) mass is 788 g/mol. The second kappa shape index (κ2) is 12.7. The van der Waals surface area contributed by atoms with Gasteiger partial charge in [0.15, 0.2) is 0 Å². The van der Waals surface area contributed by atoms with Gasteiger partial charge in [-0.15, -0.1) is 0 Å². The van der Waals surface area contributed by atoms with E-state index in [4.69, 9.17) is 0 Å². The molecular weight excluding hydrogens is 781 g/mol. The van der Waals surface area contributed by atoms with Gasteiger partial charge in [-0.1, -0.05) is 0 Å². The quantitative estimate of drug-likeness (QED) is 0.187. The van der Waals surface area contributed by atoms with Gasteiger partial charge in [-0.25, -0.2) is 20.0 Å². The highest BCUT2D eigenvalue weighted by Gasteiger charge is 2.53. The molecule has 4 heterocycles. The molecule has 2 aliphatic heterocycles. The van der Waals surface area contributed by atoms with E-state index in [-0.39, 0.29) is 11.6 Å². The Labute approximate surface area is 294 Å². The number of alkyl halides is 15. The number of rotatable bonds is 2. The number of nitriles is 4. The topological polar surface area (TPSA) is 146 Å². The number of fused-ring (bicyclic) bond motifs is 2. The Balaban J connectivity index is 2.08. The van der Waals surface area contributed by atoms with E-state index in [0.717, 1.165) is 31.2 Å². The molecule has 0 spiro atoms. The Bertz CT molecular complexity index is 2450. The van der Waals surface area contributed by atoms with Crippen LogP contribution in [0.25, 0.3) is 11.1 Å². The van der Waals surface area contributed by atoms with Gasteiger partial charge in [0.25, 0.3) is 0 Å². The summed E-state index contributed by atoms with van der Waals surface area (Å²) < 4.78 is 215. The van der Waals surface area contributed by atoms with Crippen LogP contribution in [0.2, 0.25) is 0 Å². The van der Waals surface area contributed by atoms with Gasteiger partial charge in [-0.05, 0) is 36.8 Å². The smallest absolute Gasteiger partial charge is 0.245 e. The number of aryl methyl sites for hydroxylation is 1. The largest absolute Gasteiger partial charge is 0.433 e. The van der Waals surface area contributed by atoms with E-state index in [1.165, 1.54) is 0 Å². The van der Waals surface area contributed by atoms with E-state index >= 15 is 26.3 Å². The second-order valence-corrected chi connectivity index (χ2v) is 11.1. The number of benzene rings is 1. The van der Waals surface area contributed by atoms with Gasteiger partial charge in [-0.3, -0.25) is 0 Å². The molecule has 23 heteroatoms. The molecule has 8 nitrogen and oxygen atoms in total. The third kappa shape index (κ3) is 6.80. The van der Waals surface area contributed by atoms with Crippen LogP contribution in [0.4, 0.5) is 77.2 Å². The van der Waals surface area contributed by atoms with Gasteiger partial charge in [0.05, 0.1) is 50.9 Å². The lowest BCUT2D eigenvalue weighted by Crippen LogP contribution is -2.18. The predicted molar refractivity (Wildman–Crippen MR) is 153 cm³/mol. The number of nitrogens with zero attached hydrogens (tertiary/aromatic N) is 8. The first-order valence-electron chi connectivity index (χ1n) is 14.1. The Kier molecular flexibility index (Phi) is 9.10. The van der Waals surface area contributed by atoms with Crippen molar-refractivity contribution < 1.29 is 65.9 Å². The fourth-order valence-corrected chi connectivity index (χ4v) is 5.58. The molecule has 0 saturated heterocycles. The molecule has 280 valence electrons. The van der Waals surface area contributed by atoms with Crippen molar-refractivity contribution in [1.29, 1.82) is 21.0 Å². The maximum Gasteiger partial charge on any atom is 0.433 e. The van der Waals surface area contributed by atoms with E-state index in [0.29, 0.717) is 12.1 Å². The van der Waals surface area contributed by atoms with Gasteiger partial charge in [0.2, 0.25) is 0 Å². The van der Waals surface area contributed by atoms with Crippen molar-refractivity contribution in [3.8, 4) is 24.3 Å². The maximum absolute atomic E-state index is 15.2. The predicted octanol–water partition coefficient (Wildman–Crippen LogP) is 9.75. The van der Waals surface area contributed by atoms with Crippen LogP contribution >= 0.6 is 0 Å². The van der Waals surface area contributed by atoms with E-state index in [9.17, 15) is 60.6 Å². The van der Waals surface area contributed by atoms with E-state index < -0.39 is 133 Å². The molecule has 0 radical (unpaired) electrons. The highest BCUT2D eigenvalue weighted by molar-refractivity contribution is 6.40. The van der Waals surface area contributed by atoms with Crippen LogP contribution in [0.5, 0.6) is 0 Å². The highest BCUT2D eigenvalue weighted by Crippen LogP contribution is 2.60. The normalized spacial score (nSPS) is 14.3. The molecule has 2 aromatic heterocycles. The molecule has 0 unspecified atom stereocenters. The summed E-state index contributed by atoms with van der Waals surface area (Å²) in [5.41, 5.74) is -31.2. The Morgan fingerprint density at radius 3 is 1.18 bits per heavy atom. The van der Waals surface area contributed by atoms with Crippen molar-refractivity contribution in [2.75, 3.05) is 0 Å². The van der Waals surface area contributed by atoms with Crippen LogP contribution < -0.4 is 0 Å². The molecule has 0 N–H and O–H groups in total. The molecule has 0 atom stereocenters. The first kappa shape index (κ1) is 39.5. The third-order valence-corrected chi connectivity index (χ3v) is 7.57. The van der Waals surface area contributed by atoms with Crippen molar-refractivity contribution in [1.82, 2.24) is 9.97 Å². The lowest BCUT2D eigenvalue weighted by molar-refractivity contribution is -0.146. The van der Waals surface area contributed by atoms with Gasteiger partial charge in [0.1, 0.15) is 46.8 Å². The molecule has 0 aliphatic carbocycles. The Morgan fingerprint density at radius 1 is 0.491 bits per heavy atom. The van der Waals surface area contributed by atoms with Crippen LogP contribution in [0.3, 0.4) is 0 Å². The summed E-state index contributed by atoms with van der Waals surface area (Å²) in [6, 6.07) is 4.53. The summed E-state index contributed by atoms with van der Waals surface area (Å²) in [5, 5.41) is 38.7. The first-order valence-corrected chi connectivity index (χ1v) is 14.1. The summed E-state index contributed by atoms with van der Waals surface area (Å²) in [4.78, 5) is 13.0. The average molecular weight is 788 g/mol. The molecule has 3 aromatic rings. The minimum Gasteiger partial charge on any atom is -0.245 e. The van der Waals surface area contributed by atoms with Crippen molar-refractivity contribution in [3.63, 3.8) is 0 Å². The molecule has 0 amide bonds. The standard InChI is InChI=1S/C32H7F15N8/c1-10-2-14(52-16(3-10)29(36,37)38)24-18(11(6-48)7-49)20-22(31(42,43)44)27-21(23(26(20)54-24)32(45,46)47)19(12(8-50)9-51)25(55-27)15-4-13(28(33,34)35)5-17(53-15)30(39,40)41/h2-5H,1H3. The van der Waals surface area contributed by atoms with Gasteiger partial charge in [0, 0.05) is 22.3 Å².